The Morgan fingerprint density at radius 2 is 2.25 bits per heavy atom. The molecule has 1 aliphatic rings. The Hall–Kier alpha value is -1.42. The molecule has 0 saturated carbocycles. The predicted molar refractivity (Wildman–Crippen MR) is 61.7 cm³/mol. The van der Waals surface area contributed by atoms with Crippen molar-refractivity contribution < 1.29 is 4.79 Å². The van der Waals surface area contributed by atoms with Crippen LogP contribution in [0.5, 0.6) is 0 Å². The molecule has 0 aliphatic carbocycles. The Morgan fingerprint density at radius 1 is 1.50 bits per heavy atom. The van der Waals surface area contributed by atoms with E-state index in [2.05, 4.69) is 10.3 Å². The normalized spacial score (nSPS) is 20.4. The zero-order valence-corrected chi connectivity index (χ0v) is 9.52. The third-order valence-electron chi connectivity index (χ3n) is 2.87. The minimum absolute atomic E-state index is 0.0202. The number of pyridine rings is 1. The van der Waals surface area contributed by atoms with E-state index in [0.717, 1.165) is 25.1 Å². The van der Waals surface area contributed by atoms with Crippen LogP contribution in [0.25, 0.3) is 0 Å². The Morgan fingerprint density at radius 3 is 2.94 bits per heavy atom. The lowest BCUT2D eigenvalue weighted by molar-refractivity contribution is -0.129. The van der Waals surface area contributed by atoms with Gasteiger partial charge < -0.3 is 10.2 Å². The molecular formula is C12H17N3O. The number of likely N-dealkylation sites (N-methyl/N-ethyl adjacent to an activating group) is 1. The van der Waals surface area contributed by atoms with E-state index in [1.54, 1.807) is 12.4 Å². The molecule has 1 amide bonds. The van der Waals surface area contributed by atoms with Crippen LogP contribution in [0.3, 0.4) is 0 Å². The first kappa shape index (κ1) is 11.1. The molecule has 1 atom stereocenters. The molecule has 1 saturated heterocycles. The predicted octanol–water partition coefficient (Wildman–Crippen LogP) is 0.792. The highest BCUT2D eigenvalue weighted by Gasteiger charge is 2.30. The summed E-state index contributed by atoms with van der Waals surface area (Å²) in [4.78, 5) is 17.8. The number of hydrogen-bond donors (Lipinski definition) is 1. The summed E-state index contributed by atoms with van der Waals surface area (Å²) in [5, 5.41) is 3.21. The monoisotopic (exact) mass is 219 g/mol. The maximum absolute atomic E-state index is 11.9. The van der Waals surface area contributed by atoms with Crippen molar-refractivity contribution in [2.45, 2.75) is 25.9 Å². The van der Waals surface area contributed by atoms with Crippen LogP contribution in [0, 0.1) is 0 Å². The van der Waals surface area contributed by atoms with Crippen molar-refractivity contribution in [3.05, 3.63) is 30.1 Å². The second-order valence-corrected chi connectivity index (χ2v) is 4.01. The summed E-state index contributed by atoms with van der Waals surface area (Å²) in [6, 6.07) is 3.92. The molecule has 1 aromatic rings. The average Bonchev–Trinajstić information content (AvgIpc) is 2.64. The van der Waals surface area contributed by atoms with Gasteiger partial charge in [0.15, 0.2) is 0 Å². The zero-order valence-electron chi connectivity index (χ0n) is 9.52. The zero-order chi connectivity index (χ0) is 11.4. The molecule has 0 radical (unpaired) electrons. The molecule has 0 aromatic carbocycles. The number of hydrogen-bond acceptors (Lipinski definition) is 3. The minimum Gasteiger partial charge on any atom is -0.337 e. The van der Waals surface area contributed by atoms with E-state index >= 15 is 0 Å². The molecule has 0 bridgehead atoms. The molecule has 0 spiro atoms. The maximum Gasteiger partial charge on any atom is 0.240 e. The van der Waals surface area contributed by atoms with Crippen LogP contribution in [-0.4, -0.2) is 34.9 Å². The molecular weight excluding hydrogens is 202 g/mol. The van der Waals surface area contributed by atoms with Crippen LogP contribution in [0.15, 0.2) is 24.5 Å². The van der Waals surface area contributed by atoms with Crippen molar-refractivity contribution in [1.29, 1.82) is 0 Å². The molecule has 1 aliphatic heterocycles. The fourth-order valence-corrected chi connectivity index (χ4v) is 2.04. The lowest BCUT2D eigenvalue weighted by atomic mass is 10.2. The fourth-order valence-electron chi connectivity index (χ4n) is 2.04. The van der Waals surface area contributed by atoms with Crippen LogP contribution in [0.4, 0.5) is 0 Å². The number of nitrogens with one attached hydrogen (secondary N) is 1. The summed E-state index contributed by atoms with van der Waals surface area (Å²) in [5.74, 6) is 0.221. The van der Waals surface area contributed by atoms with Crippen molar-refractivity contribution >= 4 is 5.91 Å². The largest absolute Gasteiger partial charge is 0.337 e. The summed E-state index contributed by atoms with van der Waals surface area (Å²) in [6.45, 7) is 4.42. The van der Waals surface area contributed by atoms with Gasteiger partial charge in [0.2, 0.25) is 5.91 Å². The van der Waals surface area contributed by atoms with E-state index < -0.39 is 0 Å². The third kappa shape index (κ3) is 2.39. The molecule has 4 nitrogen and oxygen atoms in total. The number of amides is 1. The Labute approximate surface area is 95.7 Å². The van der Waals surface area contributed by atoms with Gasteiger partial charge >= 0.3 is 0 Å². The van der Waals surface area contributed by atoms with Gasteiger partial charge in [0.25, 0.3) is 0 Å². The second-order valence-electron chi connectivity index (χ2n) is 4.01. The van der Waals surface area contributed by atoms with Gasteiger partial charge in [-0.2, -0.15) is 0 Å². The number of rotatable bonds is 4. The minimum atomic E-state index is 0.0202. The Bertz CT molecular complexity index is 353. The molecule has 86 valence electrons. The highest BCUT2D eigenvalue weighted by atomic mass is 16.2. The van der Waals surface area contributed by atoms with Gasteiger partial charge in [-0.05, 0) is 30.7 Å². The summed E-state index contributed by atoms with van der Waals surface area (Å²) < 4.78 is 0. The first-order valence-electron chi connectivity index (χ1n) is 5.72. The van der Waals surface area contributed by atoms with Crippen molar-refractivity contribution in [2.24, 2.45) is 0 Å². The molecule has 1 N–H and O–H groups in total. The second kappa shape index (κ2) is 5.07. The van der Waals surface area contributed by atoms with Crippen LogP contribution >= 0.6 is 0 Å². The van der Waals surface area contributed by atoms with E-state index in [1.807, 2.05) is 24.0 Å². The van der Waals surface area contributed by atoms with E-state index in [-0.39, 0.29) is 11.9 Å². The van der Waals surface area contributed by atoms with E-state index in [4.69, 9.17) is 0 Å². The van der Waals surface area contributed by atoms with Crippen LogP contribution < -0.4 is 5.32 Å². The van der Waals surface area contributed by atoms with Crippen LogP contribution in [0.2, 0.25) is 0 Å². The number of carbonyl (C=O) groups excluding carboxylic acids is 1. The van der Waals surface area contributed by atoms with Gasteiger partial charge in [-0.15, -0.1) is 0 Å². The van der Waals surface area contributed by atoms with Gasteiger partial charge in [0.05, 0.1) is 6.04 Å². The van der Waals surface area contributed by atoms with Crippen molar-refractivity contribution in [2.75, 3.05) is 13.1 Å². The van der Waals surface area contributed by atoms with E-state index in [0.29, 0.717) is 6.54 Å². The number of aromatic nitrogens is 1. The number of nitrogens with zero attached hydrogens (tertiary/aromatic N) is 2. The standard InChI is InChI=1S/C12H17N3O/c1-2-14-11-5-8-15(12(11)16)9-10-3-6-13-7-4-10/h3-4,6-7,11,14H,2,5,8-9H2,1H3. The highest BCUT2D eigenvalue weighted by molar-refractivity contribution is 5.83. The maximum atomic E-state index is 11.9. The topological polar surface area (TPSA) is 45.2 Å². The summed E-state index contributed by atoms with van der Waals surface area (Å²) in [7, 11) is 0. The number of likely N-dealkylation sites (tertiary alicyclic amines) is 1. The molecule has 2 rings (SSSR count). The quantitative estimate of drug-likeness (QED) is 0.814. The lowest BCUT2D eigenvalue weighted by Crippen LogP contribution is -2.37. The summed E-state index contributed by atoms with van der Waals surface area (Å²) in [5.41, 5.74) is 1.14. The Balaban J connectivity index is 1.95. The molecule has 16 heavy (non-hydrogen) atoms. The summed E-state index contributed by atoms with van der Waals surface area (Å²) in [6.07, 6.45) is 4.44. The Kier molecular flexibility index (Phi) is 3.51. The third-order valence-corrected chi connectivity index (χ3v) is 2.87. The molecule has 1 aromatic heterocycles. The van der Waals surface area contributed by atoms with Crippen LogP contribution in [-0.2, 0) is 11.3 Å². The van der Waals surface area contributed by atoms with Gasteiger partial charge in [0.1, 0.15) is 0 Å². The van der Waals surface area contributed by atoms with Crippen molar-refractivity contribution in [3.8, 4) is 0 Å². The van der Waals surface area contributed by atoms with Gasteiger partial charge in [0, 0.05) is 25.5 Å². The molecule has 4 heteroatoms. The average molecular weight is 219 g/mol. The highest BCUT2D eigenvalue weighted by Crippen LogP contribution is 2.14. The first-order chi connectivity index (χ1) is 7.81. The van der Waals surface area contributed by atoms with Gasteiger partial charge in [-0.1, -0.05) is 6.92 Å². The summed E-state index contributed by atoms with van der Waals surface area (Å²) >= 11 is 0. The SMILES string of the molecule is CCNC1CCN(Cc2ccncc2)C1=O. The molecule has 2 heterocycles. The fraction of sp³-hybridized carbons (Fsp3) is 0.500. The van der Waals surface area contributed by atoms with E-state index in [9.17, 15) is 4.79 Å². The lowest BCUT2D eigenvalue weighted by Gasteiger charge is -2.16. The van der Waals surface area contributed by atoms with Gasteiger partial charge in [-0.25, -0.2) is 0 Å². The number of carbonyl (C=O) groups is 1. The first-order valence-corrected chi connectivity index (χ1v) is 5.72. The molecule has 1 fully saturated rings. The van der Waals surface area contributed by atoms with E-state index in [1.165, 1.54) is 0 Å². The van der Waals surface area contributed by atoms with Crippen molar-refractivity contribution in [3.63, 3.8) is 0 Å². The van der Waals surface area contributed by atoms with Crippen LogP contribution in [0.1, 0.15) is 18.9 Å². The van der Waals surface area contributed by atoms with Gasteiger partial charge in [-0.3, -0.25) is 9.78 Å². The van der Waals surface area contributed by atoms with Crippen molar-refractivity contribution in [1.82, 2.24) is 15.2 Å². The smallest absolute Gasteiger partial charge is 0.240 e. The molecule has 1 unspecified atom stereocenters.